The van der Waals surface area contributed by atoms with E-state index in [1.807, 2.05) is 0 Å². The molecule has 0 spiro atoms. The zero-order valence-electron chi connectivity index (χ0n) is 8.90. The molecule has 1 aromatic heterocycles. The lowest BCUT2D eigenvalue weighted by molar-refractivity contribution is 0.563. The van der Waals surface area contributed by atoms with Gasteiger partial charge in [0.15, 0.2) is 0 Å². The van der Waals surface area contributed by atoms with Gasteiger partial charge in [-0.2, -0.15) is 0 Å². The molecule has 4 heteroatoms. The van der Waals surface area contributed by atoms with Crippen LogP contribution in [-0.4, -0.2) is 27.8 Å². The van der Waals surface area contributed by atoms with Crippen molar-refractivity contribution in [1.29, 1.82) is 0 Å². The largest absolute Gasteiger partial charge is 0.313 e. The average molecular weight is 211 g/mol. The molecule has 0 aliphatic heterocycles. The minimum absolute atomic E-state index is 0.493. The molecule has 0 radical (unpaired) electrons. The van der Waals surface area contributed by atoms with Gasteiger partial charge >= 0.3 is 0 Å². The number of hydrogen-bond acceptors (Lipinski definition) is 4. The van der Waals surface area contributed by atoms with E-state index < -0.39 is 0 Å². The van der Waals surface area contributed by atoms with E-state index in [2.05, 4.69) is 36.1 Å². The van der Waals surface area contributed by atoms with Crippen LogP contribution in [0.1, 0.15) is 20.8 Å². The molecule has 0 bridgehead atoms. The molecule has 78 valence electrons. The third-order valence-electron chi connectivity index (χ3n) is 2.08. The van der Waals surface area contributed by atoms with Crippen molar-refractivity contribution in [2.45, 2.75) is 37.1 Å². The van der Waals surface area contributed by atoms with Crippen molar-refractivity contribution in [3.63, 3.8) is 0 Å². The minimum atomic E-state index is 0.493. The monoisotopic (exact) mass is 211 g/mol. The van der Waals surface area contributed by atoms with Gasteiger partial charge in [0, 0.05) is 23.7 Å². The summed E-state index contributed by atoms with van der Waals surface area (Å²) in [6, 6.07) is 0.493. The Morgan fingerprint density at radius 2 is 2.21 bits per heavy atom. The van der Waals surface area contributed by atoms with Gasteiger partial charge in [-0.15, -0.1) is 11.8 Å². The lowest BCUT2D eigenvalue weighted by atomic mass is 10.2. The summed E-state index contributed by atoms with van der Waals surface area (Å²) in [5.41, 5.74) is 0. The van der Waals surface area contributed by atoms with Crippen LogP contribution in [0.4, 0.5) is 0 Å². The fourth-order valence-corrected chi connectivity index (χ4v) is 2.05. The number of aromatic nitrogens is 2. The molecule has 0 fully saturated rings. The van der Waals surface area contributed by atoms with E-state index in [1.54, 1.807) is 30.4 Å². The fourth-order valence-electron chi connectivity index (χ4n) is 1.13. The maximum atomic E-state index is 4.23. The van der Waals surface area contributed by atoms with E-state index in [4.69, 9.17) is 0 Å². The Bertz CT molecular complexity index is 253. The fraction of sp³-hybridized carbons (Fsp3) is 0.600. The van der Waals surface area contributed by atoms with Gasteiger partial charge in [-0.1, -0.05) is 13.8 Å². The summed E-state index contributed by atoms with van der Waals surface area (Å²) in [5, 5.41) is 4.89. The molecule has 1 heterocycles. The van der Waals surface area contributed by atoms with Crippen LogP contribution in [-0.2, 0) is 0 Å². The van der Waals surface area contributed by atoms with Gasteiger partial charge in [-0.3, -0.25) is 4.98 Å². The lowest BCUT2D eigenvalue weighted by Crippen LogP contribution is -2.33. The molecule has 1 aromatic rings. The van der Waals surface area contributed by atoms with Crippen LogP contribution in [0.15, 0.2) is 23.6 Å². The van der Waals surface area contributed by atoms with E-state index >= 15 is 0 Å². The van der Waals surface area contributed by atoms with Gasteiger partial charge in [-0.05, 0) is 13.5 Å². The van der Waals surface area contributed by atoms with Gasteiger partial charge in [0.25, 0.3) is 0 Å². The van der Waals surface area contributed by atoms with Crippen LogP contribution in [0.5, 0.6) is 0 Å². The Morgan fingerprint density at radius 1 is 1.43 bits per heavy atom. The number of nitrogens with zero attached hydrogens (tertiary/aromatic N) is 2. The first kappa shape index (κ1) is 11.5. The summed E-state index contributed by atoms with van der Waals surface area (Å²) in [6.45, 7) is 7.52. The molecule has 3 nitrogen and oxygen atoms in total. The third-order valence-corrected chi connectivity index (χ3v) is 3.31. The first-order valence-electron chi connectivity index (χ1n) is 4.90. The first-order valence-corrected chi connectivity index (χ1v) is 5.78. The van der Waals surface area contributed by atoms with Gasteiger partial charge in [0.05, 0.1) is 6.20 Å². The Kier molecular flexibility index (Phi) is 4.90. The quantitative estimate of drug-likeness (QED) is 0.756. The first-order chi connectivity index (χ1) is 6.74. The zero-order chi connectivity index (χ0) is 10.4. The van der Waals surface area contributed by atoms with Crippen LogP contribution >= 0.6 is 11.8 Å². The molecule has 1 N–H and O–H groups in total. The van der Waals surface area contributed by atoms with Crippen LogP contribution in [0.25, 0.3) is 0 Å². The molecule has 0 aliphatic rings. The van der Waals surface area contributed by atoms with E-state index in [0.717, 1.165) is 11.6 Å². The topological polar surface area (TPSA) is 37.8 Å². The van der Waals surface area contributed by atoms with Crippen molar-refractivity contribution in [2.24, 2.45) is 0 Å². The smallest absolute Gasteiger partial charge is 0.115 e. The van der Waals surface area contributed by atoms with Gasteiger partial charge in [-0.25, -0.2) is 4.98 Å². The van der Waals surface area contributed by atoms with Gasteiger partial charge < -0.3 is 5.32 Å². The maximum absolute atomic E-state index is 4.23. The van der Waals surface area contributed by atoms with E-state index in [9.17, 15) is 0 Å². The highest BCUT2D eigenvalue weighted by atomic mass is 32.2. The second-order valence-corrected chi connectivity index (χ2v) is 4.61. The lowest BCUT2D eigenvalue weighted by Gasteiger charge is -2.19. The van der Waals surface area contributed by atoms with E-state index in [0.29, 0.717) is 11.3 Å². The summed E-state index contributed by atoms with van der Waals surface area (Å²) < 4.78 is 0. The highest BCUT2D eigenvalue weighted by Crippen LogP contribution is 2.21. The SMILES string of the molecule is CCNC(C)C(C)Sc1cnccn1. The number of thioether (sulfide) groups is 1. The Labute approximate surface area is 89.7 Å². The number of rotatable bonds is 5. The Morgan fingerprint density at radius 3 is 2.79 bits per heavy atom. The molecule has 0 amide bonds. The average Bonchev–Trinajstić information content (AvgIpc) is 2.19. The molecule has 14 heavy (non-hydrogen) atoms. The number of hydrogen-bond donors (Lipinski definition) is 1. The minimum Gasteiger partial charge on any atom is -0.313 e. The van der Waals surface area contributed by atoms with Crippen molar-refractivity contribution in [1.82, 2.24) is 15.3 Å². The van der Waals surface area contributed by atoms with Crippen molar-refractivity contribution < 1.29 is 0 Å². The maximum Gasteiger partial charge on any atom is 0.115 e. The standard InChI is InChI=1S/C10H17N3S/c1-4-12-8(2)9(3)14-10-7-11-5-6-13-10/h5-9,12H,4H2,1-3H3. The number of nitrogens with one attached hydrogen (secondary N) is 1. The normalized spacial score (nSPS) is 15.1. The van der Waals surface area contributed by atoms with Crippen LogP contribution in [0.3, 0.4) is 0 Å². The third kappa shape index (κ3) is 3.64. The molecule has 2 unspecified atom stereocenters. The molecule has 0 aliphatic carbocycles. The van der Waals surface area contributed by atoms with Crippen LogP contribution < -0.4 is 5.32 Å². The summed E-state index contributed by atoms with van der Waals surface area (Å²) in [4.78, 5) is 8.27. The van der Waals surface area contributed by atoms with Crippen molar-refractivity contribution in [3.8, 4) is 0 Å². The van der Waals surface area contributed by atoms with E-state index in [1.165, 1.54) is 0 Å². The van der Waals surface area contributed by atoms with Gasteiger partial charge in [0.1, 0.15) is 5.03 Å². The highest BCUT2D eigenvalue weighted by Gasteiger charge is 2.12. The second-order valence-electron chi connectivity index (χ2n) is 3.21. The predicted octanol–water partition coefficient (Wildman–Crippen LogP) is 1.96. The van der Waals surface area contributed by atoms with Gasteiger partial charge in [0.2, 0.25) is 0 Å². The van der Waals surface area contributed by atoms with Crippen molar-refractivity contribution in [2.75, 3.05) is 6.54 Å². The summed E-state index contributed by atoms with van der Waals surface area (Å²) in [7, 11) is 0. The highest BCUT2D eigenvalue weighted by molar-refractivity contribution is 7.99. The molecule has 1 rings (SSSR count). The van der Waals surface area contributed by atoms with E-state index in [-0.39, 0.29) is 0 Å². The van der Waals surface area contributed by atoms with Crippen LogP contribution in [0.2, 0.25) is 0 Å². The molecule has 0 saturated carbocycles. The Balaban J connectivity index is 2.44. The molecule has 2 atom stereocenters. The summed E-state index contributed by atoms with van der Waals surface area (Å²) in [5.74, 6) is 0. The molecular formula is C10H17N3S. The second kappa shape index (κ2) is 5.98. The molecular weight excluding hydrogens is 194 g/mol. The molecule has 0 aromatic carbocycles. The Hall–Kier alpha value is -0.610. The zero-order valence-corrected chi connectivity index (χ0v) is 9.71. The summed E-state index contributed by atoms with van der Waals surface area (Å²) >= 11 is 1.76. The van der Waals surface area contributed by atoms with Crippen molar-refractivity contribution in [3.05, 3.63) is 18.6 Å². The van der Waals surface area contributed by atoms with Crippen molar-refractivity contribution >= 4 is 11.8 Å². The summed E-state index contributed by atoms with van der Waals surface area (Å²) in [6.07, 6.45) is 5.23. The van der Waals surface area contributed by atoms with Crippen LogP contribution in [0, 0.1) is 0 Å². The predicted molar refractivity (Wildman–Crippen MR) is 60.5 cm³/mol. The molecule has 0 saturated heterocycles.